The van der Waals surface area contributed by atoms with Crippen LogP contribution in [0.5, 0.6) is 0 Å². The van der Waals surface area contributed by atoms with Crippen molar-refractivity contribution in [3.05, 3.63) is 0 Å². The lowest BCUT2D eigenvalue weighted by atomic mass is 9.93. The lowest BCUT2D eigenvalue weighted by molar-refractivity contribution is 0.0261. The van der Waals surface area contributed by atoms with Crippen LogP contribution in [-0.2, 0) is 4.74 Å². The summed E-state index contributed by atoms with van der Waals surface area (Å²) in [6, 6.07) is 0.522. The summed E-state index contributed by atoms with van der Waals surface area (Å²) in [7, 11) is 3.72. The van der Waals surface area contributed by atoms with E-state index in [-0.39, 0.29) is 0 Å². The normalized spacial score (nSPS) is 28.1. The summed E-state index contributed by atoms with van der Waals surface area (Å²) in [4.78, 5) is 2.27. The van der Waals surface area contributed by atoms with Gasteiger partial charge in [-0.05, 0) is 32.4 Å². The van der Waals surface area contributed by atoms with Crippen molar-refractivity contribution < 1.29 is 9.84 Å². The molecule has 0 spiro atoms. The first-order valence-corrected chi connectivity index (χ1v) is 6.76. The first-order valence-electron chi connectivity index (χ1n) is 6.76. The van der Waals surface area contributed by atoms with Gasteiger partial charge in [-0.2, -0.15) is 0 Å². The molecule has 0 aromatic carbocycles. The van der Waals surface area contributed by atoms with Gasteiger partial charge in [0.2, 0.25) is 0 Å². The molecule has 3 unspecified atom stereocenters. The zero-order chi connectivity index (χ0) is 12.7. The highest BCUT2D eigenvalue weighted by atomic mass is 16.5. The Morgan fingerprint density at radius 1 is 1.35 bits per heavy atom. The molecule has 1 aliphatic carbocycles. The maximum atomic E-state index is 9.78. The molecule has 0 saturated heterocycles. The third-order valence-electron chi connectivity index (χ3n) is 3.85. The molecule has 0 aromatic rings. The Balaban J connectivity index is 2.48. The molecule has 1 saturated carbocycles. The molecule has 0 aromatic heterocycles. The molecule has 4 heteroatoms. The number of ether oxygens (including phenoxy) is 1. The van der Waals surface area contributed by atoms with Crippen molar-refractivity contribution in [2.24, 2.45) is 11.7 Å². The number of methoxy groups -OCH3 is 1. The van der Waals surface area contributed by atoms with Gasteiger partial charge in [-0.25, -0.2) is 0 Å². The maximum absolute atomic E-state index is 9.78. The van der Waals surface area contributed by atoms with Crippen molar-refractivity contribution in [1.29, 1.82) is 0 Å². The smallest absolute Gasteiger partial charge is 0.0900 e. The number of aliphatic hydroxyl groups is 1. The fraction of sp³-hybridized carbons (Fsp3) is 1.00. The van der Waals surface area contributed by atoms with Gasteiger partial charge in [-0.3, -0.25) is 0 Å². The van der Waals surface area contributed by atoms with E-state index in [1.54, 1.807) is 7.11 Å². The fourth-order valence-corrected chi connectivity index (χ4v) is 2.93. The second kappa shape index (κ2) is 8.03. The molecule has 1 fully saturated rings. The van der Waals surface area contributed by atoms with E-state index in [1.165, 1.54) is 32.1 Å². The van der Waals surface area contributed by atoms with Crippen LogP contribution in [0, 0.1) is 5.92 Å². The maximum Gasteiger partial charge on any atom is 0.0900 e. The van der Waals surface area contributed by atoms with Crippen LogP contribution >= 0.6 is 0 Å². The van der Waals surface area contributed by atoms with E-state index in [0.717, 1.165) is 6.54 Å². The van der Waals surface area contributed by atoms with Crippen LogP contribution in [0.4, 0.5) is 0 Å². The number of aliphatic hydroxyl groups excluding tert-OH is 1. The van der Waals surface area contributed by atoms with Gasteiger partial charge in [-0.15, -0.1) is 0 Å². The van der Waals surface area contributed by atoms with E-state index in [0.29, 0.717) is 25.1 Å². The van der Waals surface area contributed by atoms with Gasteiger partial charge < -0.3 is 20.5 Å². The molecule has 1 aliphatic rings. The minimum atomic E-state index is -0.397. The predicted molar refractivity (Wildman–Crippen MR) is 69.9 cm³/mol. The highest BCUT2D eigenvalue weighted by Crippen LogP contribution is 2.26. The third-order valence-corrected chi connectivity index (χ3v) is 3.85. The Hall–Kier alpha value is -0.160. The lowest BCUT2D eigenvalue weighted by Crippen LogP contribution is -2.44. The van der Waals surface area contributed by atoms with Gasteiger partial charge >= 0.3 is 0 Å². The van der Waals surface area contributed by atoms with Crippen LogP contribution in [0.1, 0.15) is 32.1 Å². The average molecular weight is 244 g/mol. The number of hydrogen-bond acceptors (Lipinski definition) is 4. The number of likely N-dealkylation sites (N-methyl/N-ethyl adjacent to an activating group) is 1. The van der Waals surface area contributed by atoms with Gasteiger partial charge in [0.15, 0.2) is 0 Å². The first kappa shape index (κ1) is 14.9. The van der Waals surface area contributed by atoms with Crippen molar-refractivity contribution in [1.82, 2.24) is 4.90 Å². The van der Waals surface area contributed by atoms with Crippen molar-refractivity contribution in [3.63, 3.8) is 0 Å². The van der Waals surface area contributed by atoms with Gasteiger partial charge in [0, 0.05) is 19.7 Å². The van der Waals surface area contributed by atoms with Crippen LogP contribution in [-0.4, -0.2) is 56.0 Å². The average Bonchev–Trinajstić information content (AvgIpc) is 2.53. The molecule has 4 nitrogen and oxygen atoms in total. The Morgan fingerprint density at radius 3 is 2.71 bits per heavy atom. The Labute approximate surface area is 105 Å². The molecule has 0 heterocycles. The predicted octanol–water partition coefficient (Wildman–Crippen LogP) is 0.833. The molecule has 17 heavy (non-hydrogen) atoms. The molecule has 3 atom stereocenters. The van der Waals surface area contributed by atoms with Crippen molar-refractivity contribution in [2.75, 3.05) is 33.9 Å². The number of rotatable bonds is 6. The molecule has 0 radical (unpaired) electrons. The summed E-state index contributed by atoms with van der Waals surface area (Å²) in [6.45, 7) is 1.84. The van der Waals surface area contributed by atoms with Gasteiger partial charge in [0.05, 0.1) is 12.7 Å². The minimum Gasteiger partial charge on any atom is -0.389 e. The van der Waals surface area contributed by atoms with E-state index in [4.69, 9.17) is 10.5 Å². The zero-order valence-electron chi connectivity index (χ0n) is 11.3. The van der Waals surface area contributed by atoms with Gasteiger partial charge in [0.25, 0.3) is 0 Å². The number of nitrogens with two attached hydrogens (primary N) is 1. The lowest BCUT2D eigenvalue weighted by Gasteiger charge is -2.34. The van der Waals surface area contributed by atoms with Crippen LogP contribution in [0.15, 0.2) is 0 Å². The van der Waals surface area contributed by atoms with Gasteiger partial charge in [0.1, 0.15) is 0 Å². The van der Waals surface area contributed by atoms with Crippen molar-refractivity contribution in [2.45, 2.75) is 44.2 Å². The monoisotopic (exact) mass is 244 g/mol. The molecular formula is C13H28N2O2. The summed E-state index contributed by atoms with van der Waals surface area (Å²) in [5.74, 6) is 0.581. The van der Waals surface area contributed by atoms with E-state index in [1.807, 2.05) is 0 Å². The highest BCUT2D eigenvalue weighted by molar-refractivity contribution is 4.82. The van der Waals surface area contributed by atoms with Crippen LogP contribution in [0.25, 0.3) is 0 Å². The second-order valence-electron chi connectivity index (χ2n) is 5.25. The van der Waals surface area contributed by atoms with E-state index >= 15 is 0 Å². The minimum absolute atomic E-state index is 0.397. The summed E-state index contributed by atoms with van der Waals surface area (Å²) in [6.07, 6.45) is 5.94. The van der Waals surface area contributed by atoms with Crippen molar-refractivity contribution >= 4 is 0 Å². The van der Waals surface area contributed by atoms with Crippen LogP contribution < -0.4 is 5.73 Å². The van der Waals surface area contributed by atoms with E-state index in [2.05, 4.69) is 11.9 Å². The summed E-state index contributed by atoms with van der Waals surface area (Å²) in [5.41, 5.74) is 5.88. The standard InChI is InChI=1S/C13H28N2O2/c1-15(9-12(16)10-17-2)13-7-5-3-4-6-11(13)8-14/h11-13,16H,3-10,14H2,1-2H3. The Morgan fingerprint density at radius 2 is 2.06 bits per heavy atom. The summed E-state index contributed by atoms with van der Waals surface area (Å²) < 4.78 is 4.97. The van der Waals surface area contributed by atoms with Gasteiger partial charge in [-0.1, -0.05) is 19.3 Å². The second-order valence-corrected chi connectivity index (χ2v) is 5.25. The number of nitrogens with zero attached hydrogens (tertiary/aromatic N) is 1. The quantitative estimate of drug-likeness (QED) is 0.680. The molecular weight excluding hydrogens is 216 g/mol. The fourth-order valence-electron chi connectivity index (χ4n) is 2.93. The Bertz CT molecular complexity index is 202. The molecule has 0 bridgehead atoms. The first-order chi connectivity index (χ1) is 8.19. The Kier molecular flexibility index (Phi) is 7.04. The highest BCUT2D eigenvalue weighted by Gasteiger charge is 2.26. The molecule has 1 rings (SSSR count). The number of hydrogen-bond donors (Lipinski definition) is 2. The SMILES string of the molecule is COCC(O)CN(C)C1CCCCCC1CN. The van der Waals surface area contributed by atoms with E-state index < -0.39 is 6.10 Å². The van der Waals surface area contributed by atoms with E-state index in [9.17, 15) is 5.11 Å². The van der Waals surface area contributed by atoms with Crippen LogP contribution in [0.2, 0.25) is 0 Å². The molecule has 0 amide bonds. The zero-order valence-corrected chi connectivity index (χ0v) is 11.3. The molecule has 3 N–H and O–H groups in total. The molecule has 0 aliphatic heterocycles. The largest absolute Gasteiger partial charge is 0.389 e. The summed E-state index contributed by atoms with van der Waals surface area (Å²) >= 11 is 0. The van der Waals surface area contributed by atoms with Crippen molar-refractivity contribution in [3.8, 4) is 0 Å². The summed E-state index contributed by atoms with van der Waals surface area (Å²) in [5, 5.41) is 9.78. The molecule has 102 valence electrons. The van der Waals surface area contributed by atoms with Crippen LogP contribution in [0.3, 0.4) is 0 Å². The third kappa shape index (κ3) is 4.92. The topological polar surface area (TPSA) is 58.7 Å².